The third kappa shape index (κ3) is 5.22. The van der Waals surface area contributed by atoms with E-state index in [1.165, 1.54) is 17.3 Å². The third-order valence-corrected chi connectivity index (χ3v) is 6.77. The topological polar surface area (TPSA) is 82.3 Å². The van der Waals surface area contributed by atoms with Crippen LogP contribution in [0.4, 0.5) is 0 Å². The molecule has 0 spiro atoms. The van der Waals surface area contributed by atoms with E-state index in [9.17, 15) is 8.42 Å². The van der Waals surface area contributed by atoms with Gasteiger partial charge < -0.3 is 9.15 Å². The third-order valence-electron chi connectivity index (χ3n) is 4.15. The second kappa shape index (κ2) is 7.78. The number of sulfone groups is 1. The Morgan fingerprint density at radius 1 is 1.32 bits per heavy atom. The van der Waals surface area contributed by atoms with Crippen molar-refractivity contribution in [1.82, 2.24) is 10.2 Å². The molecule has 1 aliphatic heterocycles. The van der Waals surface area contributed by atoms with E-state index >= 15 is 0 Å². The summed E-state index contributed by atoms with van der Waals surface area (Å²) in [6, 6.07) is 6.14. The normalized spacial score (nSPS) is 19.2. The first-order chi connectivity index (χ1) is 11.9. The molecule has 3 rings (SSSR count). The number of aryl methyl sites for hydroxylation is 2. The molecule has 0 aliphatic carbocycles. The average Bonchev–Trinajstić information content (AvgIpc) is 3.13. The Morgan fingerprint density at radius 3 is 2.92 bits per heavy atom. The number of thioether (sulfide) groups is 1. The van der Waals surface area contributed by atoms with E-state index in [1.54, 1.807) is 0 Å². The Balaban J connectivity index is 1.43. The quantitative estimate of drug-likeness (QED) is 0.538. The van der Waals surface area contributed by atoms with Gasteiger partial charge in [-0.05, 0) is 43.4 Å². The predicted octanol–water partition coefficient (Wildman–Crippen LogP) is 2.83. The van der Waals surface area contributed by atoms with Crippen molar-refractivity contribution in [2.75, 3.05) is 23.9 Å². The molecule has 6 nitrogen and oxygen atoms in total. The van der Waals surface area contributed by atoms with Gasteiger partial charge in [0.15, 0.2) is 9.84 Å². The lowest BCUT2D eigenvalue weighted by atomic mass is 10.1. The predicted molar refractivity (Wildman–Crippen MR) is 96.9 cm³/mol. The number of rotatable bonds is 7. The summed E-state index contributed by atoms with van der Waals surface area (Å²) in [5.74, 6) is 2.70. The van der Waals surface area contributed by atoms with Crippen LogP contribution in [0.5, 0.6) is 5.75 Å². The van der Waals surface area contributed by atoms with Gasteiger partial charge in [-0.1, -0.05) is 23.9 Å². The van der Waals surface area contributed by atoms with Crippen LogP contribution in [0.25, 0.3) is 0 Å². The number of hydrogen-bond donors (Lipinski definition) is 0. The van der Waals surface area contributed by atoms with Crippen LogP contribution in [0.15, 0.2) is 27.8 Å². The summed E-state index contributed by atoms with van der Waals surface area (Å²) in [7, 11) is -2.87. The van der Waals surface area contributed by atoms with Crippen molar-refractivity contribution in [2.45, 2.75) is 31.9 Å². The van der Waals surface area contributed by atoms with E-state index in [1.807, 2.05) is 26.0 Å². The first-order valence-electron chi connectivity index (χ1n) is 8.27. The van der Waals surface area contributed by atoms with E-state index in [0.29, 0.717) is 36.3 Å². The average molecular weight is 383 g/mol. The minimum Gasteiger partial charge on any atom is -0.492 e. The van der Waals surface area contributed by atoms with Crippen LogP contribution in [0.2, 0.25) is 0 Å². The van der Waals surface area contributed by atoms with Crippen LogP contribution < -0.4 is 4.74 Å². The lowest BCUT2D eigenvalue weighted by Crippen LogP contribution is -2.07. The monoisotopic (exact) mass is 382 g/mol. The van der Waals surface area contributed by atoms with Crippen LogP contribution in [-0.2, 0) is 16.3 Å². The number of hydrogen-bond acceptors (Lipinski definition) is 7. The molecule has 1 aromatic heterocycles. The lowest BCUT2D eigenvalue weighted by Gasteiger charge is -2.08. The highest BCUT2D eigenvalue weighted by molar-refractivity contribution is 7.99. The number of benzene rings is 1. The zero-order valence-corrected chi connectivity index (χ0v) is 16.0. The fraction of sp³-hybridized carbons (Fsp3) is 0.529. The van der Waals surface area contributed by atoms with Crippen molar-refractivity contribution in [3.8, 4) is 5.75 Å². The second-order valence-corrected chi connectivity index (χ2v) is 9.68. The van der Waals surface area contributed by atoms with Crippen LogP contribution >= 0.6 is 11.8 Å². The van der Waals surface area contributed by atoms with Gasteiger partial charge in [-0.2, -0.15) is 0 Å². The minimum atomic E-state index is -2.87. The van der Waals surface area contributed by atoms with Crippen LogP contribution in [0.3, 0.4) is 0 Å². The highest BCUT2D eigenvalue weighted by atomic mass is 32.2. The Labute approximate surface area is 152 Å². The molecule has 25 heavy (non-hydrogen) atoms. The maximum atomic E-state index is 11.5. The largest absolute Gasteiger partial charge is 0.492 e. The molecule has 1 aliphatic rings. The fourth-order valence-electron chi connectivity index (χ4n) is 2.80. The standard InChI is InChI=1S/C17H22N2O4S2/c1-12-3-4-13(2)15(9-12)22-6-7-24-17-19-18-16(23-17)10-14-5-8-25(20,21)11-14/h3-4,9,14H,5-8,10-11H2,1-2H3. The van der Waals surface area contributed by atoms with E-state index in [4.69, 9.17) is 9.15 Å². The van der Waals surface area contributed by atoms with Crippen molar-refractivity contribution in [2.24, 2.45) is 5.92 Å². The van der Waals surface area contributed by atoms with Gasteiger partial charge in [0.2, 0.25) is 5.89 Å². The molecular formula is C17H22N2O4S2. The second-order valence-electron chi connectivity index (χ2n) is 6.40. The van der Waals surface area contributed by atoms with Gasteiger partial charge in [-0.15, -0.1) is 10.2 Å². The summed E-state index contributed by atoms with van der Waals surface area (Å²) in [6.07, 6.45) is 1.21. The molecule has 2 aromatic rings. The van der Waals surface area contributed by atoms with Crippen molar-refractivity contribution < 1.29 is 17.6 Å². The van der Waals surface area contributed by atoms with E-state index in [0.717, 1.165) is 11.3 Å². The maximum absolute atomic E-state index is 11.5. The first kappa shape index (κ1) is 18.3. The van der Waals surface area contributed by atoms with Gasteiger partial charge in [0.25, 0.3) is 5.22 Å². The molecule has 136 valence electrons. The number of ether oxygens (including phenoxy) is 1. The molecule has 1 atom stereocenters. The maximum Gasteiger partial charge on any atom is 0.276 e. The summed E-state index contributed by atoms with van der Waals surface area (Å²) < 4.78 is 34.4. The van der Waals surface area contributed by atoms with Crippen LogP contribution in [0, 0.1) is 19.8 Å². The molecule has 0 N–H and O–H groups in total. The van der Waals surface area contributed by atoms with Gasteiger partial charge in [-0.3, -0.25) is 0 Å². The van der Waals surface area contributed by atoms with Gasteiger partial charge in [0.1, 0.15) is 5.75 Å². The molecule has 0 saturated carbocycles. The highest BCUT2D eigenvalue weighted by Gasteiger charge is 2.29. The lowest BCUT2D eigenvalue weighted by molar-refractivity contribution is 0.340. The molecule has 0 bridgehead atoms. The van der Waals surface area contributed by atoms with E-state index in [-0.39, 0.29) is 17.4 Å². The fourth-order valence-corrected chi connectivity index (χ4v) is 5.26. The summed E-state index contributed by atoms with van der Waals surface area (Å²) in [4.78, 5) is 0. The summed E-state index contributed by atoms with van der Waals surface area (Å²) >= 11 is 1.44. The van der Waals surface area contributed by atoms with Crippen molar-refractivity contribution in [3.63, 3.8) is 0 Å². The zero-order valence-electron chi connectivity index (χ0n) is 14.4. The molecular weight excluding hydrogens is 360 g/mol. The van der Waals surface area contributed by atoms with Gasteiger partial charge in [-0.25, -0.2) is 8.42 Å². The van der Waals surface area contributed by atoms with Crippen molar-refractivity contribution >= 4 is 21.6 Å². The Hall–Kier alpha value is -1.54. The summed E-state index contributed by atoms with van der Waals surface area (Å²) in [5.41, 5.74) is 2.28. The molecule has 1 aromatic carbocycles. The van der Waals surface area contributed by atoms with E-state index < -0.39 is 9.84 Å². The van der Waals surface area contributed by atoms with Crippen LogP contribution in [0.1, 0.15) is 23.4 Å². The molecule has 1 unspecified atom stereocenters. The SMILES string of the molecule is Cc1ccc(C)c(OCCSc2nnc(CC3CCS(=O)(=O)C3)o2)c1. The molecule has 2 heterocycles. The van der Waals surface area contributed by atoms with Gasteiger partial charge in [0.05, 0.1) is 18.1 Å². The molecule has 1 fully saturated rings. The molecule has 0 radical (unpaired) electrons. The molecule has 1 saturated heterocycles. The Morgan fingerprint density at radius 2 is 2.16 bits per heavy atom. The summed E-state index contributed by atoms with van der Waals surface area (Å²) in [6.45, 7) is 4.61. The smallest absolute Gasteiger partial charge is 0.276 e. The number of aromatic nitrogens is 2. The molecule has 8 heteroatoms. The highest BCUT2D eigenvalue weighted by Crippen LogP contribution is 2.24. The van der Waals surface area contributed by atoms with Gasteiger partial charge >= 0.3 is 0 Å². The number of nitrogens with zero attached hydrogens (tertiary/aromatic N) is 2. The van der Waals surface area contributed by atoms with Crippen molar-refractivity contribution in [1.29, 1.82) is 0 Å². The Kier molecular flexibility index (Phi) is 5.68. The Bertz CT molecular complexity index is 833. The van der Waals surface area contributed by atoms with Crippen molar-refractivity contribution in [3.05, 3.63) is 35.2 Å². The minimum absolute atomic E-state index is 0.0935. The summed E-state index contributed by atoms with van der Waals surface area (Å²) in [5, 5.41) is 8.53. The zero-order chi connectivity index (χ0) is 17.9. The van der Waals surface area contributed by atoms with Crippen LogP contribution in [-0.4, -0.2) is 42.5 Å². The first-order valence-corrected chi connectivity index (χ1v) is 11.1. The van der Waals surface area contributed by atoms with E-state index in [2.05, 4.69) is 16.3 Å². The van der Waals surface area contributed by atoms with Gasteiger partial charge in [0, 0.05) is 12.2 Å². The molecule has 0 amide bonds.